The van der Waals surface area contributed by atoms with Gasteiger partial charge in [0.25, 0.3) is 0 Å². The molecule has 29 heavy (non-hydrogen) atoms. The molecule has 5 nitrogen and oxygen atoms in total. The van der Waals surface area contributed by atoms with E-state index in [9.17, 15) is 4.79 Å². The molecule has 1 fully saturated rings. The van der Waals surface area contributed by atoms with Gasteiger partial charge in [-0.2, -0.15) is 0 Å². The summed E-state index contributed by atoms with van der Waals surface area (Å²) in [7, 11) is 5.74. The van der Waals surface area contributed by atoms with E-state index in [1.165, 1.54) is 18.4 Å². The monoisotopic (exact) mass is 395 g/mol. The van der Waals surface area contributed by atoms with Crippen LogP contribution in [0.25, 0.3) is 0 Å². The zero-order valence-corrected chi connectivity index (χ0v) is 17.9. The molecule has 0 unspecified atom stereocenters. The maximum Gasteiger partial charge on any atom is 0.234 e. The molecule has 156 valence electrons. The zero-order valence-electron chi connectivity index (χ0n) is 17.9. The van der Waals surface area contributed by atoms with Crippen molar-refractivity contribution in [3.63, 3.8) is 0 Å². The molecule has 0 radical (unpaired) electrons. The van der Waals surface area contributed by atoms with Gasteiger partial charge in [-0.1, -0.05) is 37.1 Å². The number of hydrogen-bond acceptors (Lipinski definition) is 4. The van der Waals surface area contributed by atoms with Crippen LogP contribution in [0.2, 0.25) is 0 Å². The topological polar surface area (TPSA) is 44.8 Å². The molecule has 2 aromatic rings. The van der Waals surface area contributed by atoms with E-state index in [1.54, 1.807) is 7.11 Å². The Hall–Kier alpha value is -2.53. The quantitative estimate of drug-likeness (QED) is 0.770. The number of nitrogens with zero attached hydrogens (tertiary/aromatic N) is 2. The van der Waals surface area contributed by atoms with Crippen LogP contribution in [-0.2, 0) is 11.3 Å². The van der Waals surface area contributed by atoms with Gasteiger partial charge in [0.15, 0.2) is 0 Å². The molecule has 1 aliphatic rings. The molecule has 2 aromatic carbocycles. The van der Waals surface area contributed by atoms with Crippen LogP contribution in [0.3, 0.4) is 0 Å². The van der Waals surface area contributed by atoms with Crippen molar-refractivity contribution in [2.45, 2.75) is 38.3 Å². The molecule has 1 aliphatic heterocycles. The Morgan fingerprint density at radius 3 is 2.45 bits per heavy atom. The summed E-state index contributed by atoms with van der Waals surface area (Å²) < 4.78 is 5.29. The fraction of sp³-hybridized carbons (Fsp3) is 0.458. The van der Waals surface area contributed by atoms with E-state index in [0.717, 1.165) is 36.4 Å². The number of methoxy groups -OCH3 is 1. The van der Waals surface area contributed by atoms with Gasteiger partial charge in [-0.05, 0) is 54.8 Å². The Balaban J connectivity index is 1.59. The SMILES string of the molecule is COc1ccc([C@@H]2CCCCCN2CC(=O)NCc2ccc(N(C)C)cc2)cc1. The molecule has 3 rings (SSSR count). The van der Waals surface area contributed by atoms with Gasteiger partial charge in [0.1, 0.15) is 5.75 Å². The number of carbonyl (C=O) groups excluding carboxylic acids is 1. The number of likely N-dealkylation sites (tertiary alicyclic amines) is 1. The Kier molecular flexibility index (Phi) is 7.53. The maximum absolute atomic E-state index is 12.7. The van der Waals surface area contributed by atoms with Gasteiger partial charge in [-0.15, -0.1) is 0 Å². The summed E-state index contributed by atoms with van der Waals surface area (Å²) in [4.78, 5) is 17.1. The van der Waals surface area contributed by atoms with Crippen molar-refractivity contribution >= 4 is 11.6 Å². The fourth-order valence-corrected chi connectivity index (χ4v) is 3.91. The molecule has 0 aromatic heterocycles. The summed E-state index contributed by atoms with van der Waals surface area (Å²) in [6.07, 6.45) is 4.66. The van der Waals surface area contributed by atoms with E-state index < -0.39 is 0 Å². The Bertz CT molecular complexity index is 772. The summed E-state index contributed by atoms with van der Waals surface area (Å²) in [5.41, 5.74) is 3.54. The summed E-state index contributed by atoms with van der Waals surface area (Å²) in [6, 6.07) is 16.9. The molecule has 1 atom stereocenters. The summed E-state index contributed by atoms with van der Waals surface area (Å²) in [5.74, 6) is 0.953. The normalized spacial score (nSPS) is 17.4. The average molecular weight is 396 g/mol. The van der Waals surface area contributed by atoms with Crippen LogP contribution in [-0.4, -0.2) is 45.1 Å². The lowest BCUT2D eigenvalue weighted by atomic mass is 10.0. The van der Waals surface area contributed by atoms with Crippen LogP contribution in [0.5, 0.6) is 5.75 Å². The number of rotatable bonds is 7. The minimum absolute atomic E-state index is 0.0853. The zero-order chi connectivity index (χ0) is 20.6. The molecular formula is C24H33N3O2. The van der Waals surface area contributed by atoms with Crippen LogP contribution in [0.1, 0.15) is 42.9 Å². The Labute approximate surface area is 174 Å². The van der Waals surface area contributed by atoms with Crippen molar-refractivity contribution in [1.82, 2.24) is 10.2 Å². The number of ether oxygens (including phenoxy) is 1. The number of amides is 1. The van der Waals surface area contributed by atoms with E-state index in [0.29, 0.717) is 13.1 Å². The number of hydrogen-bond donors (Lipinski definition) is 1. The van der Waals surface area contributed by atoms with E-state index in [4.69, 9.17) is 4.74 Å². The van der Waals surface area contributed by atoms with Gasteiger partial charge >= 0.3 is 0 Å². The maximum atomic E-state index is 12.7. The van der Waals surface area contributed by atoms with Gasteiger partial charge in [-0.3, -0.25) is 9.69 Å². The fourth-order valence-electron chi connectivity index (χ4n) is 3.91. The van der Waals surface area contributed by atoms with Gasteiger partial charge in [0.05, 0.1) is 13.7 Å². The van der Waals surface area contributed by atoms with Gasteiger partial charge in [-0.25, -0.2) is 0 Å². The summed E-state index contributed by atoms with van der Waals surface area (Å²) in [5, 5.41) is 3.09. The lowest BCUT2D eigenvalue weighted by molar-refractivity contribution is -0.123. The average Bonchev–Trinajstić information content (AvgIpc) is 2.98. The van der Waals surface area contributed by atoms with Crippen LogP contribution in [0, 0.1) is 0 Å². The second kappa shape index (κ2) is 10.3. The lowest BCUT2D eigenvalue weighted by Gasteiger charge is -2.30. The smallest absolute Gasteiger partial charge is 0.234 e. The van der Waals surface area contributed by atoms with E-state index >= 15 is 0 Å². The number of anilines is 1. The van der Waals surface area contributed by atoms with Crippen molar-refractivity contribution in [2.75, 3.05) is 39.2 Å². The van der Waals surface area contributed by atoms with Crippen LogP contribution >= 0.6 is 0 Å². The number of carbonyl (C=O) groups is 1. The highest BCUT2D eigenvalue weighted by Crippen LogP contribution is 2.30. The van der Waals surface area contributed by atoms with Crippen molar-refractivity contribution in [3.8, 4) is 5.75 Å². The highest BCUT2D eigenvalue weighted by molar-refractivity contribution is 5.78. The minimum atomic E-state index is 0.0853. The van der Waals surface area contributed by atoms with E-state index in [-0.39, 0.29) is 11.9 Å². The molecule has 0 saturated carbocycles. The van der Waals surface area contributed by atoms with E-state index in [2.05, 4.69) is 51.5 Å². The third-order valence-corrected chi connectivity index (χ3v) is 5.65. The second-order valence-corrected chi connectivity index (χ2v) is 7.95. The first kappa shape index (κ1) is 21.2. The first-order chi connectivity index (χ1) is 14.1. The molecule has 5 heteroatoms. The lowest BCUT2D eigenvalue weighted by Crippen LogP contribution is -2.39. The predicted molar refractivity (Wildman–Crippen MR) is 118 cm³/mol. The van der Waals surface area contributed by atoms with Gasteiger partial charge in [0, 0.05) is 32.4 Å². The Morgan fingerprint density at radius 1 is 1.07 bits per heavy atom. The van der Waals surface area contributed by atoms with Gasteiger partial charge in [0.2, 0.25) is 5.91 Å². The highest BCUT2D eigenvalue weighted by atomic mass is 16.5. The number of benzene rings is 2. The largest absolute Gasteiger partial charge is 0.497 e. The van der Waals surface area contributed by atoms with E-state index in [1.807, 2.05) is 26.2 Å². The summed E-state index contributed by atoms with van der Waals surface area (Å²) in [6.45, 7) is 1.96. The standard InChI is InChI=1S/C24H33N3O2/c1-26(2)21-12-8-19(9-13-21)17-25-24(28)18-27-16-6-4-5-7-23(27)20-10-14-22(29-3)15-11-20/h8-15,23H,4-7,16-18H2,1-3H3,(H,25,28)/t23-/m0/s1. The van der Waals surface area contributed by atoms with Crippen LogP contribution in [0.15, 0.2) is 48.5 Å². The molecule has 1 saturated heterocycles. The third kappa shape index (κ3) is 5.97. The predicted octanol–water partition coefficient (Wildman–Crippen LogP) is 3.99. The molecule has 1 heterocycles. The van der Waals surface area contributed by atoms with Crippen LogP contribution in [0.4, 0.5) is 5.69 Å². The summed E-state index contributed by atoms with van der Waals surface area (Å²) >= 11 is 0. The first-order valence-electron chi connectivity index (χ1n) is 10.5. The minimum Gasteiger partial charge on any atom is -0.497 e. The number of nitrogens with one attached hydrogen (secondary N) is 1. The van der Waals surface area contributed by atoms with Crippen molar-refractivity contribution in [1.29, 1.82) is 0 Å². The van der Waals surface area contributed by atoms with Gasteiger partial charge < -0.3 is 15.0 Å². The molecule has 0 bridgehead atoms. The third-order valence-electron chi connectivity index (χ3n) is 5.65. The van der Waals surface area contributed by atoms with Crippen molar-refractivity contribution in [3.05, 3.63) is 59.7 Å². The highest BCUT2D eigenvalue weighted by Gasteiger charge is 2.24. The Morgan fingerprint density at radius 2 is 1.79 bits per heavy atom. The molecule has 0 spiro atoms. The van der Waals surface area contributed by atoms with Crippen molar-refractivity contribution < 1.29 is 9.53 Å². The van der Waals surface area contributed by atoms with Crippen LogP contribution < -0.4 is 15.0 Å². The molecule has 0 aliphatic carbocycles. The second-order valence-electron chi connectivity index (χ2n) is 7.95. The molecular weight excluding hydrogens is 362 g/mol. The van der Waals surface area contributed by atoms with Crippen molar-refractivity contribution in [2.24, 2.45) is 0 Å². The first-order valence-corrected chi connectivity index (χ1v) is 10.5. The molecule has 1 N–H and O–H groups in total. The molecule has 1 amide bonds.